The Morgan fingerprint density at radius 2 is 2.12 bits per heavy atom. The molecule has 0 saturated carbocycles. The molecule has 3 N–H and O–H groups in total. The smallest absolute Gasteiger partial charge is 0.258 e. The lowest BCUT2D eigenvalue weighted by Crippen LogP contribution is -2.13. The fourth-order valence-corrected chi connectivity index (χ4v) is 1.49. The van der Waals surface area contributed by atoms with Crippen LogP contribution >= 0.6 is 0 Å². The highest BCUT2D eigenvalue weighted by atomic mass is 16.5. The summed E-state index contributed by atoms with van der Waals surface area (Å²) >= 11 is 0. The molecule has 0 unspecified atom stereocenters. The lowest BCUT2D eigenvalue weighted by Gasteiger charge is -2.05. The van der Waals surface area contributed by atoms with E-state index in [4.69, 9.17) is 10.3 Å². The Morgan fingerprint density at radius 1 is 1.35 bits per heavy atom. The number of carbonyl (C=O) groups is 1. The lowest BCUT2D eigenvalue weighted by molar-refractivity contribution is 0.102. The van der Waals surface area contributed by atoms with Crippen LogP contribution < -0.4 is 11.1 Å². The van der Waals surface area contributed by atoms with Gasteiger partial charge >= 0.3 is 0 Å². The number of aromatic nitrogens is 1. The largest absolute Gasteiger partial charge is 0.399 e. The van der Waals surface area contributed by atoms with Crippen LogP contribution in [0.1, 0.15) is 21.6 Å². The maximum atomic E-state index is 11.9. The van der Waals surface area contributed by atoms with Gasteiger partial charge in [0.25, 0.3) is 5.91 Å². The third kappa shape index (κ3) is 2.44. The zero-order valence-corrected chi connectivity index (χ0v) is 9.65. The minimum atomic E-state index is -0.258. The Bertz CT molecular complexity index is 561. The number of nitrogens with one attached hydrogen (secondary N) is 1. The van der Waals surface area contributed by atoms with Crippen molar-refractivity contribution in [3.63, 3.8) is 0 Å². The number of nitrogens with two attached hydrogens (primary N) is 1. The second-order valence-electron chi connectivity index (χ2n) is 3.86. The molecule has 1 amide bonds. The van der Waals surface area contributed by atoms with E-state index < -0.39 is 0 Å². The van der Waals surface area contributed by atoms with Crippen LogP contribution in [0.4, 0.5) is 11.6 Å². The average molecular weight is 231 g/mol. The fraction of sp³-hybridized carbons (Fsp3) is 0.167. The van der Waals surface area contributed by atoms with Crippen molar-refractivity contribution in [2.75, 3.05) is 11.1 Å². The molecule has 0 spiro atoms. The summed E-state index contributed by atoms with van der Waals surface area (Å²) < 4.78 is 4.91. The van der Waals surface area contributed by atoms with E-state index in [-0.39, 0.29) is 5.91 Å². The predicted molar refractivity (Wildman–Crippen MR) is 64.8 cm³/mol. The van der Waals surface area contributed by atoms with E-state index in [0.29, 0.717) is 22.8 Å². The molecule has 0 atom stereocenters. The Balaban J connectivity index is 2.22. The van der Waals surface area contributed by atoms with Gasteiger partial charge in [0.05, 0.1) is 5.69 Å². The normalized spacial score (nSPS) is 10.2. The van der Waals surface area contributed by atoms with E-state index in [0.717, 1.165) is 5.56 Å². The fourth-order valence-electron chi connectivity index (χ4n) is 1.49. The molecule has 0 aliphatic rings. The monoisotopic (exact) mass is 231 g/mol. The van der Waals surface area contributed by atoms with E-state index in [1.807, 2.05) is 6.92 Å². The number of amides is 1. The Hall–Kier alpha value is -2.30. The van der Waals surface area contributed by atoms with Gasteiger partial charge in [0, 0.05) is 17.3 Å². The molecule has 17 heavy (non-hydrogen) atoms. The van der Waals surface area contributed by atoms with E-state index >= 15 is 0 Å². The second kappa shape index (κ2) is 4.29. The molecule has 2 rings (SSSR count). The van der Waals surface area contributed by atoms with Crippen molar-refractivity contribution in [1.29, 1.82) is 0 Å². The zero-order valence-electron chi connectivity index (χ0n) is 9.65. The third-order valence-corrected chi connectivity index (χ3v) is 2.37. The molecule has 1 heterocycles. The van der Waals surface area contributed by atoms with E-state index in [1.54, 1.807) is 31.2 Å². The number of benzene rings is 1. The van der Waals surface area contributed by atoms with Crippen LogP contribution in [-0.2, 0) is 0 Å². The quantitative estimate of drug-likeness (QED) is 0.776. The molecule has 5 heteroatoms. The molecule has 88 valence electrons. The number of carbonyl (C=O) groups excluding carboxylic acids is 1. The van der Waals surface area contributed by atoms with Gasteiger partial charge in [-0.05, 0) is 31.5 Å². The molecule has 2 aromatic rings. The summed E-state index contributed by atoms with van der Waals surface area (Å²) in [4.78, 5) is 11.9. The van der Waals surface area contributed by atoms with Crippen molar-refractivity contribution in [2.24, 2.45) is 0 Å². The van der Waals surface area contributed by atoms with Crippen molar-refractivity contribution in [1.82, 2.24) is 5.16 Å². The first kappa shape index (κ1) is 11.2. The molecule has 1 aromatic heterocycles. The summed E-state index contributed by atoms with van der Waals surface area (Å²) in [5.74, 6) is 0.0697. The van der Waals surface area contributed by atoms with Crippen molar-refractivity contribution in [3.8, 4) is 0 Å². The highest BCUT2D eigenvalue weighted by Crippen LogP contribution is 2.15. The van der Waals surface area contributed by atoms with Gasteiger partial charge in [-0.3, -0.25) is 10.1 Å². The van der Waals surface area contributed by atoms with Crippen LogP contribution in [0.15, 0.2) is 28.8 Å². The standard InChI is InChI=1S/C12H13N3O2/c1-7-3-4-9(13)6-10(7)12(16)14-11-5-8(2)15-17-11/h3-6H,13H2,1-2H3,(H,14,16). The average Bonchev–Trinajstić information content (AvgIpc) is 2.67. The number of nitrogens with zero attached hydrogens (tertiary/aromatic N) is 1. The number of nitrogen functional groups attached to an aromatic ring is 1. The van der Waals surface area contributed by atoms with Crippen LogP contribution in [0.25, 0.3) is 0 Å². The van der Waals surface area contributed by atoms with Gasteiger partial charge in [-0.1, -0.05) is 11.2 Å². The van der Waals surface area contributed by atoms with Crippen LogP contribution in [-0.4, -0.2) is 11.1 Å². The summed E-state index contributed by atoms with van der Waals surface area (Å²) in [6.07, 6.45) is 0. The van der Waals surface area contributed by atoms with Crippen LogP contribution in [0.5, 0.6) is 0 Å². The lowest BCUT2D eigenvalue weighted by atomic mass is 10.1. The molecule has 0 fully saturated rings. The third-order valence-electron chi connectivity index (χ3n) is 2.37. The second-order valence-corrected chi connectivity index (χ2v) is 3.86. The van der Waals surface area contributed by atoms with E-state index in [2.05, 4.69) is 10.5 Å². The van der Waals surface area contributed by atoms with Gasteiger partial charge in [0.15, 0.2) is 0 Å². The van der Waals surface area contributed by atoms with Gasteiger partial charge in [0.1, 0.15) is 0 Å². The zero-order chi connectivity index (χ0) is 12.4. The Labute approximate surface area is 98.6 Å². The maximum absolute atomic E-state index is 11.9. The van der Waals surface area contributed by atoms with Gasteiger partial charge < -0.3 is 10.3 Å². The highest BCUT2D eigenvalue weighted by Gasteiger charge is 2.11. The van der Waals surface area contributed by atoms with Crippen molar-refractivity contribution in [2.45, 2.75) is 13.8 Å². The van der Waals surface area contributed by atoms with Gasteiger partial charge in [-0.15, -0.1) is 0 Å². The first-order valence-electron chi connectivity index (χ1n) is 5.17. The molecule has 0 aliphatic heterocycles. The van der Waals surface area contributed by atoms with Crippen molar-refractivity contribution in [3.05, 3.63) is 41.1 Å². The molecule has 0 radical (unpaired) electrons. The molecular weight excluding hydrogens is 218 g/mol. The minimum absolute atomic E-state index is 0.258. The molecule has 0 aliphatic carbocycles. The molecular formula is C12H13N3O2. The topological polar surface area (TPSA) is 81.2 Å². The summed E-state index contributed by atoms with van der Waals surface area (Å²) in [7, 11) is 0. The highest BCUT2D eigenvalue weighted by molar-refractivity contribution is 6.05. The summed E-state index contributed by atoms with van der Waals surface area (Å²) in [5, 5.41) is 6.31. The predicted octanol–water partition coefficient (Wildman–Crippen LogP) is 2.13. The summed E-state index contributed by atoms with van der Waals surface area (Å²) in [6, 6.07) is 6.84. The molecule has 0 saturated heterocycles. The first-order valence-corrected chi connectivity index (χ1v) is 5.17. The van der Waals surface area contributed by atoms with Gasteiger partial charge in [-0.25, -0.2) is 0 Å². The number of aryl methyl sites for hydroxylation is 2. The van der Waals surface area contributed by atoms with Crippen LogP contribution in [0, 0.1) is 13.8 Å². The number of rotatable bonds is 2. The Kier molecular flexibility index (Phi) is 2.82. The van der Waals surface area contributed by atoms with Crippen molar-refractivity contribution >= 4 is 17.5 Å². The summed E-state index contributed by atoms with van der Waals surface area (Å²) in [5.41, 5.74) is 8.29. The van der Waals surface area contributed by atoms with E-state index in [9.17, 15) is 4.79 Å². The van der Waals surface area contributed by atoms with E-state index in [1.165, 1.54) is 0 Å². The summed E-state index contributed by atoms with van der Waals surface area (Å²) in [6.45, 7) is 3.63. The first-order chi connectivity index (χ1) is 8.06. The molecule has 1 aromatic carbocycles. The Morgan fingerprint density at radius 3 is 2.76 bits per heavy atom. The molecule has 0 bridgehead atoms. The molecule has 5 nitrogen and oxygen atoms in total. The van der Waals surface area contributed by atoms with Crippen LogP contribution in [0.2, 0.25) is 0 Å². The number of anilines is 2. The number of hydrogen-bond acceptors (Lipinski definition) is 4. The SMILES string of the molecule is Cc1cc(NC(=O)c2cc(N)ccc2C)on1. The minimum Gasteiger partial charge on any atom is -0.399 e. The number of hydrogen-bond donors (Lipinski definition) is 2. The van der Waals surface area contributed by atoms with Crippen LogP contribution in [0.3, 0.4) is 0 Å². The van der Waals surface area contributed by atoms with Crippen molar-refractivity contribution < 1.29 is 9.32 Å². The van der Waals surface area contributed by atoms with Gasteiger partial charge in [-0.2, -0.15) is 0 Å². The van der Waals surface area contributed by atoms with Gasteiger partial charge in [0.2, 0.25) is 5.88 Å². The maximum Gasteiger partial charge on any atom is 0.258 e.